The van der Waals surface area contributed by atoms with Crippen molar-refractivity contribution in [2.75, 3.05) is 32.7 Å². The third-order valence-electron chi connectivity index (χ3n) is 4.61. The Morgan fingerprint density at radius 3 is 1.88 bits per heavy atom. The molecule has 0 N–H and O–H groups in total. The molecule has 2 aliphatic heterocycles. The van der Waals surface area contributed by atoms with Crippen molar-refractivity contribution in [3.8, 4) is 0 Å². The summed E-state index contributed by atoms with van der Waals surface area (Å²) in [6.45, 7) is 5.23. The van der Waals surface area contributed by atoms with Crippen LogP contribution in [0.1, 0.15) is 34.6 Å². The van der Waals surface area contributed by atoms with Gasteiger partial charge >= 0.3 is 0 Å². The lowest BCUT2D eigenvalue weighted by atomic mass is 10.1. The molecule has 7 heteroatoms. The molecule has 3 rings (SSSR count). The molecule has 1 aromatic rings. The molecule has 1 saturated heterocycles. The van der Waals surface area contributed by atoms with Gasteiger partial charge in [0.25, 0.3) is 11.8 Å². The molecule has 0 unspecified atom stereocenters. The Kier molecular flexibility index (Phi) is 4.57. The van der Waals surface area contributed by atoms with Crippen LogP contribution in [-0.4, -0.2) is 71.1 Å². The first-order valence-corrected chi connectivity index (χ1v) is 8.42. The summed E-state index contributed by atoms with van der Waals surface area (Å²) in [7, 11) is 0. The summed E-state index contributed by atoms with van der Waals surface area (Å²) < 4.78 is 0. The van der Waals surface area contributed by atoms with Crippen LogP contribution in [0.5, 0.6) is 0 Å². The summed E-state index contributed by atoms with van der Waals surface area (Å²) in [6.07, 6.45) is 0. The van der Waals surface area contributed by atoms with Gasteiger partial charge in [0.05, 0.1) is 11.1 Å². The normalized spacial score (nSPS) is 17.3. The molecule has 0 saturated carbocycles. The Morgan fingerprint density at radius 1 is 0.920 bits per heavy atom. The van der Waals surface area contributed by atoms with Gasteiger partial charge in [-0.15, -0.1) is 0 Å². The Bertz CT molecular complexity index is 701. The maximum absolute atomic E-state index is 12.5. The first-order valence-electron chi connectivity index (χ1n) is 8.42. The number of rotatable bonds is 3. The molecule has 25 heavy (non-hydrogen) atoms. The van der Waals surface area contributed by atoms with Crippen LogP contribution in [0, 0.1) is 5.92 Å². The fourth-order valence-electron chi connectivity index (χ4n) is 3.16. The Hall–Kier alpha value is -2.70. The number of fused-ring (bicyclic) bond motifs is 1. The molecule has 0 bridgehead atoms. The second-order valence-electron chi connectivity index (χ2n) is 6.60. The molecule has 4 amide bonds. The van der Waals surface area contributed by atoms with Gasteiger partial charge in [-0.05, 0) is 12.1 Å². The van der Waals surface area contributed by atoms with E-state index in [-0.39, 0.29) is 24.3 Å². The molecule has 1 fully saturated rings. The van der Waals surface area contributed by atoms with Crippen LogP contribution >= 0.6 is 0 Å². The van der Waals surface area contributed by atoms with Gasteiger partial charge in [0.1, 0.15) is 6.54 Å². The van der Waals surface area contributed by atoms with Crippen molar-refractivity contribution >= 4 is 23.6 Å². The number of carbonyl (C=O) groups excluding carboxylic acids is 4. The van der Waals surface area contributed by atoms with Crippen molar-refractivity contribution in [1.29, 1.82) is 0 Å². The van der Waals surface area contributed by atoms with Gasteiger partial charge in [0.2, 0.25) is 11.8 Å². The highest BCUT2D eigenvalue weighted by atomic mass is 16.2. The van der Waals surface area contributed by atoms with Gasteiger partial charge in [0.15, 0.2) is 0 Å². The van der Waals surface area contributed by atoms with Crippen molar-refractivity contribution in [2.24, 2.45) is 5.92 Å². The quantitative estimate of drug-likeness (QED) is 0.754. The van der Waals surface area contributed by atoms with Crippen LogP contribution in [0.3, 0.4) is 0 Å². The van der Waals surface area contributed by atoms with Crippen LogP contribution in [-0.2, 0) is 9.59 Å². The van der Waals surface area contributed by atoms with Gasteiger partial charge < -0.3 is 9.80 Å². The molecule has 1 aromatic carbocycles. The SMILES string of the molecule is CC(C)C(=O)N1CCN(C(=O)CN2C(=O)c3ccccc3C2=O)CC1. The smallest absolute Gasteiger partial charge is 0.262 e. The first kappa shape index (κ1) is 17.1. The van der Waals surface area contributed by atoms with E-state index in [0.717, 1.165) is 4.90 Å². The zero-order valence-electron chi connectivity index (χ0n) is 14.4. The number of amides is 4. The highest BCUT2D eigenvalue weighted by Gasteiger charge is 2.37. The summed E-state index contributed by atoms with van der Waals surface area (Å²) in [5.74, 6) is -1.12. The van der Waals surface area contributed by atoms with E-state index in [9.17, 15) is 19.2 Å². The number of imide groups is 1. The molecule has 132 valence electrons. The van der Waals surface area contributed by atoms with Gasteiger partial charge in [-0.1, -0.05) is 26.0 Å². The van der Waals surface area contributed by atoms with E-state index < -0.39 is 11.8 Å². The highest BCUT2D eigenvalue weighted by Crippen LogP contribution is 2.22. The van der Waals surface area contributed by atoms with E-state index in [4.69, 9.17) is 0 Å². The lowest BCUT2D eigenvalue weighted by Gasteiger charge is -2.36. The molecule has 0 spiro atoms. The number of benzene rings is 1. The highest BCUT2D eigenvalue weighted by molar-refractivity contribution is 6.22. The molecule has 7 nitrogen and oxygen atoms in total. The van der Waals surface area contributed by atoms with Crippen molar-refractivity contribution < 1.29 is 19.2 Å². The van der Waals surface area contributed by atoms with Crippen LogP contribution in [0.15, 0.2) is 24.3 Å². The Balaban J connectivity index is 1.60. The van der Waals surface area contributed by atoms with E-state index in [1.807, 2.05) is 13.8 Å². The molecule has 0 atom stereocenters. The van der Waals surface area contributed by atoms with Crippen molar-refractivity contribution in [3.05, 3.63) is 35.4 Å². The predicted octanol–water partition coefficient (Wildman–Crippen LogP) is 0.609. The minimum Gasteiger partial charge on any atom is -0.339 e. The minimum atomic E-state index is -0.428. The zero-order chi connectivity index (χ0) is 18.1. The summed E-state index contributed by atoms with van der Waals surface area (Å²) in [5, 5.41) is 0. The summed E-state index contributed by atoms with van der Waals surface area (Å²) in [5.41, 5.74) is 0.681. The second kappa shape index (κ2) is 6.66. The van der Waals surface area contributed by atoms with E-state index in [0.29, 0.717) is 37.3 Å². The van der Waals surface area contributed by atoms with Crippen LogP contribution in [0.2, 0.25) is 0 Å². The maximum Gasteiger partial charge on any atom is 0.262 e. The van der Waals surface area contributed by atoms with Crippen molar-refractivity contribution in [1.82, 2.24) is 14.7 Å². The second-order valence-corrected chi connectivity index (χ2v) is 6.60. The van der Waals surface area contributed by atoms with Gasteiger partial charge in [-0.3, -0.25) is 24.1 Å². The largest absolute Gasteiger partial charge is 0.339 e. The molecule has 0 radical (unpaired) electrons. The first-order chi connectivity index (χ1) is 11.9. The molecule has 2 aliphatic rings. The van der Waals surface area contributed by atoms with E-state index in [1.54, 1.807) is 34.1 Å². The van der Waals surface area contributed by atoms with Crippen LogP contribution in [0.4, 0.5) is 0 Å². The van der Waals surface area contributed by atoms with Gasteiger partial charge in [-0.2, -0.15) is 0 Å². The third kappa shape index (κ3) is 3.14. The summed E-state index contributed by atoms with van der Waals surface area (Å²) in [6, 6.07) is 6.58. The van der Waals surface area contributed by atoms with Crippen molar-refractivity contribution in [2.45, 2.75) is 13.8 Å². The molecule has 2 heterocycles. The summed E-state index contributed by atoms with van der Waals surface area (Å²) in [4.78, 5) is 53.5. The number of hydrogen-bond acceptors (Lipinski definition) is 4. The van der Waals surface area contributed by atoms with Crippen LogP contribution < -0.4 is 0 Å². The Labute approximate surface area is 146 Å². The average Bonchev–Trinajstić information content (AvgIpc) is 2.86. The fraction of sp³-hybridized carbons (Fsp3) is 0.444. The summed E-state index contributed by atoms with van der Waals surface area (Å²) >= 11 is 0. The lowest BCUT2D eigenvalue weighted by molar-refractivity contribution is -0.141. The number of carbonyl (C=O) groups is 4. The van der Waals surface area contributed by atoms with Gasteiger partial charge in [0, 0.05) is 32.1 Å². The third-order valence-corrected chi connectivity index (χ3v) is 4.61. The molecule has 0 aliphatic carbocycles. The Morgan fingerprint density at radius 2 is 1.40 bits per heavy atom. The predicted molar refractivity (Wildman–Crippen MR) is 89.8 cm³/mol. The monoisotopic (exact) mass is 343 g/mol. The lowest BCUT2D eigenvalue weighted by Crippen LogP contribution is -2.53. The average molecular weight is 343 g/mol. The standard InChI is InChI=1S/C18H21N3O4/c1-12(2)16(23)20-9-7-19(8-10-20)15(22)11-21-17(24)13-5-3-4-6-14(13)18(21)25/h3-6,12H,7-11H2,1-2H3. The molecular weight excluding hydrogens is 322 g/mol. The number of piperazine rings is 1. The zero-order valence-corrected chi connectivity index (χ0v) is 14.4. The van der Waals surface area contributed by atoms with Gasteiger partial charge in [-0.25, -0.2) is 0 Å². The van der Waals surface area contributed by atoms with E-state index in [2.05, 4.69) is 0 Å². The van der Waals surface area contributed by atoms with Crippen LogP contribution in [0.25, 0.3) is 0 Å². The molecular formula is C18H21N3O4. The van der Waals surface area contributed by atoms with E-state index >= 15 is 0 Å². The minimum absolute atomic E-state index is 0.0689. The van der Waals surface area contributed by atoms with Crippen molar-refractivity contribution in [3.63, 3.8) is 0 Å². The van der Waals surface area contributed by atoms with E-state index in [1.165, 1.54) is 0 Å². The fourth-order valence-corrected chi connectivity index (χ4v) is 3.16. The molecule has 0 aromatic heterocycles. The number of nitrogens with zero attached hydrogens (tertiary/aromatic N) is 3. The maximum atomic E-state index is 12.5. The topological polar surface area (TPSA) is 78.0 Å². The number of hydrogen-bond donors (Lipinski definition) is 0.